The number of hydrogen-bond acceptors (Lipinski definition) is 5. The first-order valence-electron chi connectivity index (χ1n) is 7.66. The third-order valence-electron chi connectivity index (χ3n) is 3.11. The zero-order chi connectivity index (χ0) is 16.4. The van der Waals surface area contributed by atoms with Gasteiger partial charge in [-0.2, -0.15) is 0 Å². The van der Waals surface area contributed by atoms with Gasteiger partial charge in [0.1, 0.15) is 0 Å². The van der Waals surface area contributed by atoms with Crippen molar-refractivity contribution in [2.45, 2.75) is 39.3 Å². The summed E-state index contributed by atoms with van der Waals surface area (Å²) in [4.78, 5) is 12.2. The summed E-state index contributed by atoms with van der Waals surface area (Å²) >= 11 is 0. The Hall–Kier alpha value is -1.16. The Kier molecular flexibility index (Phi) is 8.39. The summed E-state index contributed by atoms with van der Waals surface area (Å²) in [6.07, 6.45) is 0.967. The summed E-state index contributed by atoms with van der Waals surface area (Å²) in [5.41, 5.74) is 0.170. The maximum atomic E-state index is 12.9. The maximum Gasteiger partial charge on any atom is 0.344 e. The molecule has 0 spiro atoms. The van der Waals surface area contributed by atoms with Crippen LogP contribution < -0.4 is 0 Å². The van der Waals surface area contributed by atoms with Gasteiger partial charge in [-0.25, -0.2) is 0 Å². The second kappa shape index (κ2) is 9.78. The number of esters is 1. The highest BCUT2D eigenvalue weighted by Gasteiger charge is 2.41. The summed E-state index contributed by atoms with van der Waals surface area (Å²) in [6, 6.07) is 9.72. The SMILES string of the molecule is CCOC(=O)C(CCc1ccccc1)P(=O)(OCC)OCC. The average molecular weight is 328 g/mol. The van der Waals surface area contributed by atoms with Crippen LogP contribution in [0.4, 0.5) is 0 Å². The molecular formula is C16H25O5P. The van der Waals surface area contributed by atoms with Crippen molar-refractivity contribution in [2.24, 2.45) is 0 Å². The number of carbonyl (C=O) groups excluding carboxylic acids is 1. The summed E-state index contributed by atoms with van der Waals surface area (Å²) < 4.78 is 28.6. The molecule has 0 aliphatic carbocycles. The molecule has 5 nitrogen and oxygen atoms in total. The fourth-order valence-electron chi connectivity index (χ4n) is 2.17. The van der Waals surface area contributed by atoms with Crippen LogP contribution in [0, 0.1) is 0 Å². The fraction of sp³-hybridized carbons (Fsp3) is 0.562. The van der Waals surface area contributed by atoms with Crippen molar-refractivity contribution in [2.75, 3.05) is 19.8 Å². The number of carbonyl (C=O) groups is 1. The smallest absolute Gasteiger partial charge is 0.344 e. The molecule has 0 bridgehead atoms. The summed E-state index contributed by atoms with van der Waals surface area (Å²) in [5.74, 6) is -0.524. The number of hydrogen-bond donors (Lipinski definition) is 0. The minimum atomic E-state index is -3.53. The van der Waals surface area contributed by atoms with E-state index in [0.29, 0.717) is 12.8 Å². The zero-order valence-corrected chi connectivity index (χ0v) is 14.4. The largest absolute Gasteiger partial charge is 0.465 e. The van der Waals surface area contributed by atoms with E-state index < -0.39 is 19.2 Å². The Morgan fingerprint density at radius 3 is 2.14 bits per heavy atom. The van der Waals surface area contributed by atoms with Gasteiger partial charge in [-0.3, -0.25) is 9.36 Å². The molecule has 1 unspecified atom stereocenters. The van der Waals surface area contributed by atoms with Crippen LogP contribution in [0.5, 0.6) is 0 Å². The highest BCUT2D eigenvalue weighted by Crippen LogP contribution is 2.54. The van der Waals surface area contributed by atoms with E-state index in [9.17, 15) is 9.36 Å². The van der Waals surface area contributed by atoms with Crippen molar-refractivity contribution in [1.82, 2.24) is 0 Å². The number of rotatable bonds is 10. The molecule has 0 heterocycles. The van der Waals surface area contributed by atoms with E-state index in [0.717, 1.165) is 5.56 Å². The standard InChI is InChI=1S/C16H25O5P/c1-4-19-16(17)15(22(18,20-5-2)21-6-3)13-12-14-10-8-7-9-11-14/h7-11,15H,4-6,12-13H2,1-3H3. The van der Waals surface area contributed by atoms with Gasteiger partial charge in [-0.1, -0.05) is 30.3 Å². The molecule has 0 aliphatic rings. The molecule has 1 atom stereocenters. The van der Waals surface area contributed by atoms with Gasteiger partial charge >= 0.3 is 13.6 Å². The van der Waals surface area contributed by atoms with E-state index in [1.165, 1.54) is 0 Å². The molecular weight excluding hydrogens is 303 g/mol. The number of benzene rings is 1. The highest BCUT2D eigenvalue weighted by atomic mass is 31.2. The molecule has 1 aromatic carbocycles. The van der Waals surface area contributed by atoms with Crippen LogP contribution in [0.2, 0.25) is 0 Å². The Bertz CT molecular complexity index is 479. The van der Waals surface area contributed by atoms with Crippen LogP contribution in [0.25, 0.3) is 0 Å². The Labute approximate surface area is 132 Å². The third kappa shape index (κ3) is 5.56. The third-order valence-corrected chi connectivity index (χ3v) is 5.58. The Morgan fingerprint density at radius 1 is 1.05 bits per heavy atom. The molecule has 1 rings (SSSR count). The quantitative estimate of drug-likeness (QED) is 0.483. The van der Waals surface area contributed by atoms with E-state index in [2.05, 4.69) is 0 Å². The lowest BCUT2D eigenvalue weighted by molar-refractivity contribution is -0.143. The van der Waals surface area contributed by atoms with Crippen LogP contribution in [-0.4, -0.2) is 31.4 Å². The van der Waals surface area contributed by atoms with Gasteiger partial charge in [0.15, 0.2) is 5.66 Å². The molecule has 0 fully saturated rings. The lowest BCUT2D eigenvalue weighted by atomic mass is 10.1. The number of ether oxygens (including phenoxy) is 1. The molecule has 0 N–H and O–H groups in total. The molecule has 0 amide bonds. The van der Waals surface area contributed by atoms with Gasteiger partial charge < -0.3 is 13.8 Å². The van der Waals surface area contributed by atoms with Gasteiger partial charge in [0, 0.05) is 0 Å². The average Bonchev–Trinajstić information content (AvgIpc) is 2.49. The molecule has 124 valence electrons. The van der Waals surface area contributed by atoms with E-state index in [-0.39, 0.29) is 19.8 Å². The highest BCUT2D eigenvalue weighted by molar-refractivity contribution is 7.55. The van der Waals surface area contributed by atoms with Crippen LogP contribution in [-0.2, 0) is 29.6 Å². The second-order valence-corrected chi connectivity index (χ2v) is 6.89. The summed E-state index contributed by atoms with van der Waals surface area (Å²) in [6.45, 7) is 5.85. The van der Waals surface area contributed by atoms with Gasteiger partial charge in [0.05, 0.1) is 19.8 Å². The van der Waals surface area contributed by atoms with Gasteiger partial charge in [0.2, 0.25) is 0 Å². The Balaban J connectivity index is 2.90. The van der Waals surface area contributed by atoms with Crippen LogP contribution >= 0.6 is 7.60 Å². The number of aryl methyl sites for hydroxylation is 1. The molecule has 0 aromatic heterocycles. The lowest BCUT2D eigenvalue weighted by Gasteiger charge is -2.24. The summed E-state index contributed by atoms with van der Waals surface area (Å²) in [7, 11) is -3.53. The second-order valence-electron chi connectivity index (χ2n) is 4.67. The fourth-order valence-corrected chi connectivity index (χ4v) is 4.10. The van der Waals surface area contributed by atoms with E-state index in [1.54, 1.807) is 20.8 Å². The normalized spacial score (nSPS) is 12.9. The Morgan fingerprint density at radius 2 is 1.64 bits per heavy atom. The first-order valence-corrected chi connectivity index (χ1v) is 9.27. The van der Waals surface area contributed by atoms with Crippen molar-refractivity contribution in [3.8, 4) is 0 Å². The minimum absolute atomic E-state index is 0.221. The van der Waals surface area contributed by atoms with Gasteiger partial charge in [0.25, 0.3) is 0 Å². The van der Waals surface area contributed by atoms with Crippen LogP contribution in [0.3, 0.4) is 0 Å². The van der Waals surface area contributed by atoms with Crippen molar-refractivity contribution in [3.05, 3.63) is 35.9 Å². The van der Waals surface area contributed by atoms with Crippen molar-refractivity contribution in [1.29, 1.82) is 0 Å². The summed E-state index contributed by atoms with van der Waals surface area (Å²) in [5, 5.41) is 0. The van der Waals surface area contributed by atoms with Crippen LogP contribution in [0.15, 0.2) is 30.3 Å². The van der Waals surface area contributed by atoms with E-state index in [1.807, 2.05) is 30.3 Å². The molecule has 0 aliphatic heterocycles. The van der Waals surface area contributed by atoms with Gasteiger partial charge in [-0.05, 0) is 39.2 Å². The molecule has 1 aromatic rings. The monoisotopic (exact) mass is 328 g/mol. The maximum absolute atomic E-state index is 12.9. The van der Waals surface area contributed by atoms with Crippen LogP contribution in [0.1, 0.15) is 32.8 Å². The molecule has 6 heteroatoms. The first kappa shape index (κ1) is 18.9. The van der Waals surface area contributed by atoms with Crippen molar-refractivity contribution in [3.63, 3.8) is 0 Å². The predicted octanol–water partition coefficient (Wildman–Crippen LogP) is 3.82. The molecule has 22 heavy (non-hydrogen) atoms. The van der Waals surface area contributed by atoms with Crippen molar-refractivity contribution >= 4 is 13.6 Å². The van der Waals surface area contributed by atoms with Crippen molar-refractivity contribution < 1.29 is 23.1 Å². The van der Waals surface area contributed by atoms with Gasteiger partial charge in [-0.15, -0.1) is 0 Å². The van der Waals surface area contributed by atoms with E-state index >= 15 is 0 Å². The molecule has 0 radical (unpaired) electrons. The molecule has 0 saturated carbocycles. The van der Waals surface area contributed by atoms with E-state index in [4.69, 9.17) is 13.8 Å². The lowest BCUT2D eigenvalue weighted by Crippen LogP contribution is -2.26. The predicted molar refractivity (Wildman–Crippen MR) is 86.0 cm³/mol. The minimum Gasteiger partial charge on any atom is -0.465 e. The first-order chi connectivity index (χ1) is 10.6. The zero-order valence-electron chi connectivity index (χ0n) is 13.5. The molecule has 0 saturated heterocycles. The topological polar surface area (TPSA) is 61.8 Å².